The molecule has 1 aliphatic heterocycles. The van der Waals surface area contributed by atoms with E-state index in [2.05, 4.69) is 65.1 Å². The SMILES string of the molecule is C=C(F)C(=O)Cc1ccc2c(ccn2-c2cccc(C)c2CNc2nc(NCC3CCNCC3)nc3c(C(C)C)cnn23)c1. The fraction of sp³-hybridized carbons (Fsp3) is 0.353. The van der Waals surface area contributed by atoms with Crippen LogP contribution >= 0.6 is 0 Å². The summed E-state index contributed by atoms with van der Waals surface area (Å²) in [5, 5.41) is 16.1. The molecule has 1 saturated heterocycles. The van der Waals surface area contributed by atoms with Crippen LogP contribution < -0.4 is 16.0 Å². The van der Waals surface area contributed by atoms with Gasteiger partial charge in [-0.1, -0.05) is 38.6 Å². The Morgan fingerprint density at radius 3 is 2.73 bits per heavy atom. The van der Waals surface area contributed by atoms with Gasteiger partial charge in [0, 0.05) is 36.7 Å². The average molecular weight is 595 g/mol. The van der Waals surface area contributed by atoms with Gasteiger partial charge in [0.15, 0.2) is 17.3 Å². The smallest absolute Gasteiger partial charge is 0.229 e. The van der Waals surface area contributed by atoms with Crippen LogP contribution in [-0.2, 0) is 17.8 Å². The molecule has 44 heavy (non-hydrogen) atoms. The number of nitrogens with zero attached hydrogens (tertiary/aromatic N) is 5. The predicted molar refractivity (Wildman–Crippen MR) is 173 cm³/mol. The van der Waals surface area contributed by atoms with E-state index in [4.69, 9.17) is 9.97 Å². The summed E-state index contributed by atoms with van der Waals surface area (Å²) < 4.78 is 17.2. The van der Waals surface area contributed by atoms with Crippen LogP contribution in [0.3, 0.4) is 0 Å². The van der Waals surface area contributed by atoms with E-state index in [1.807, 2.05) is 42.7 Å². The highest BCUT2D eigenvalue weighted by molar-refractivity contribution is 5.95. The summed E-state index contributed by atoms with van der Waals surface area (Å²) in [6.45, 7) is 13.0. The van der Waals surface area contributed by atoms with E-state index >= 15 is 0 Å². The highest BCUT2D eigenvalue weighted by Crippen LogP contribution is 2.28. The van der Waals surface area contributed by atoms with Gasteiger partial charge in [0.05, 0.1) is 17.4 Å². The van der Waals surface area contributed by atoms with Crippen LogP contribution in [0.2, 0.25) is 0 Å². The maximum absolute atomic E-state index is 13.3. The normalized spacial score (nSPS) is 14.0. The van der Waals surface area contributed by atoms with Crippen LogP contribution in [0.15, 0.2) is 67.3 Å². The van der Waals surface area contributed by atoms with Crippen LogP contribution in [0.1, 0.15) is 54.9 Å². The molecule has 6 rings (SSSR count). The number of fused-ring (bicyclic) bond motifs is 2. The molecule has 3 N–H and O–H groups in total. The Kier molecular flexibility index (Phi) is 8.43. The number of Topliss-reactive ketones (excluding diaryl/α,β-unsaturated/α-hetero) is 1. The molecule has 0 radical (unpaired) electrons. The number of halogens is 1. The Morgan fingerprint density at radius 2 is 1.95 bits per heavy atom. The molecule has 4 heterocycles. The van der Waals surface area contributed by atoms with Crippen molar-refractivity contribution in [3.05, 3.63) is 89.5 Å². The predicted octanol–water partition coefficient (Wildman–Crippen LogP) is 6.12. The third kappa shape index (κ3) is 6.07. The zero-order valence-corrected chi connectivity index (χ0v) is 25.5. The van der Waals surface area contributed by atoms with Gasteiger partial charge >= 0.3 is 0 Å². The van der Waals surface area contributed by atoms with Gasteiger partial charge in [0.2, 0.25) is 11.9 Å². The number of allylic oxidation sites excluding steroid dienone is 1. The number of anilines is 2. The lowest BCUT2D eigenvalue weighted by molar-refractivity contribution is -0.116. The Bertz CT molecular complexity index is 1830. The summed E-state index contributed by atoms with van der Waals surface area (Å²) in [5.74, 6) is 0.579. The van der Waals surface area contributed by atoms with E-state index in [1.165, 1.54) is 0 Å². The molecule has 5 aromatic rings. The third-order valence-corrected chi connectivity index (χ3v) is 8.52. The second-order valence-electron chi connectivity index (χ2n) is 11.9. The largest absolute Gasteiger partial charge is 0.354 e. The number of aromatic nitrogens is 5. The van der Waals surface area contributed by atoms with Crippen molar-refractivity contribution in [2.45, 2.75) is 52.5 Å². The van der Waals surface area contributed by atoms with Crippen LogP contribution in [0.4, 0.5) is 16.3 Å². The van der Waals surface area contributed by atoms with E-state index in [0.29, 0.717) is 24.4 Å². The molecule has 10 heteroatoms. The first-order valence-electron chi connectivity index (χ1n) is 15.3. The molecule has 0 unspecified atom stereocenters. The molecule has 3 aromatic heterocycles. The van der Waals surface area contributed by atoms with Crippen molar-refractivity contribution >= 4 is 34.2 Å². The zero-order chi connectivity index (χ0) is 30.8. The second kappa shape index (κ2) is 12.6. The van der Waals surface area contributed by atoms with Gasteiger partial charge < -0.3 is 20.5 Å². The van der Waals surface area contributed by atoms with E-state index in [0.717, 1.165) is 77.0 Å². The average Bonchev–Trinajstić information content (AvgIpc) is 3.64. The van der Waals surface area contributed by atoms with E-state index < -0.39 is 11.6 Å². The first-order valence-corrected chi connectivity index (χ1v) is 15.3. The van der Waals surface area contributed by atoms with Crippen LogP contribution in [0, 0.1) is 12.8 Å². The van der Waals surface area contributed by atoms with E-state index in [-0.39, 0.29) is 12.3 Å². The van der Waals surface area contributed by atoms with Crippen LogP contribution in [0.25, 0.3) is 22.2 Å². The summed E-state index contributed by atoms with van der Waals surface area (Å²) in [4.78, 5) is 21.6. The quantitative estimate of drug-likeness (QED) is 0.159. The van der Waals surface area contributed by atoms with E-state index in [1.54, 1.807) is 4.52 Å². The second-order valence-corrected chi connectivity index (χ2v) is 11.9. The lowest BCUT2D eigenvalue weighted by Gasteiger charge is -2.23. The number of carbonyl (C=O) groups excluding carboxylic acids is 1. The summed E-state index contributed by atoms with van der Waals surface area (Å²) in [6.07, 6.45) is 6.18. The molecular formula is C34H39FN8O. The number of piperidine rings is 1. The van der Waals surface area contributed by atoms with Gasteiger partial charge in [0.25, 0.3) is 0 Å². The van der Waals surface area contributed by atoms with Crippen molar-refractivity contribution in [1.82, 2.24) is 29.5 Å². The third-order valence-electron chi connectivity index (χ3n) is 8.52. The summed E-state index contributed by atoms with van der Waals surface area (Å²) in [5.41, 5.74) is 6.91. The zero-order valence-electron chi connectivity index (χ0n) is 25.5. The molecule has 0 amide bonds. The summed E-state index contributed by atoms with van der Waals surface area (Å²) >= 11 is 0. The van der Waals surface area contributed by atoms with Gasteiger partial charge in [-0.2, -0.15) is 19.6 Å². The highest BCUT2D eigenvalue weighted by Gasteiger charge is 2.19. The van der Waals surface area contributed by atoms with Crippen LogP contribution in [-0.4, -0.2) is 49.6 Å². The van der Waals surface area contributed by atoms with Crippen molar-refractivity contribution in [2.75, 3.05) is 30.3 Å². The van der Waals surface area contributed by atoms with Gasteiger partial charge in [-0.15, -0.1) is 0 Å². The number of benzene rings is 2. The minimum atomic E-state index is -0.916. The first kappa shape index (κ1) is 29.5. The topological polar surface area (TPSA) is 101 Å². The lowest BCUT2D eigenvalue weighted by Crippen LogP contribution is -2.31. The Balaban J connectivity index is 1.30. The minimum absolute atomic E-state index is 0.00979. The molecule has 0 spiro atoms. The number of aryl methyl sites for hydroxylation is 1. The molecule has 0 saturated carbocycles. The standard InChI is InChI=1S/C34H39FN8O/c1-21(2)27-20-39-43-32(27)40-33(37-18-24-10-13-36-14-11-24)41-34(43)38-19-28-22(3)6-5-7-30(28)42-15-12-26-16-25(8-9-29(26)42)17-31(44)23(4)35/h5-9,12,15-16,20-21,24,36H,4,10-11,13-14,17-19H2,1-3H3,(H2,37,38,40,41). The van der Waals surface area contributed by atoms with Crippen LogP contribution in [0.5, 0.6) is 0 Å². The Morgan fingerprint density at radius 1 is 1.14 bits per heavy atom. The molecule has 0 atom stereocenters. The van der Waals surface area contributed by atoms with E-state index in [9.17, 15) is 9.18 Å². The highest BCUT2D eigenvalue weighted by atomic mass is 19.1. The number of ketones is 1. The Labute approximate surface area is 256 Å². The molecule has 1 fully saturated rings. The molecular weight excluding hydrogens is 555 g/mol. The van der Waals surface area contributed by atoms with Gasteiger partial charge in [-0.3, -0.25) is 4.79 Å². The molecule has 228 valence electrons. The van der Waals surface area contributed by atoms with Crippen molar-refractivity contribution in [3.63, 3.8) is 0 Å². The first-order chi connectivity index (χ1) is 21.3. The fourth-order valence-corrected chi connectivity index (χ4v) is 5.92. The molecule has 0 bridgehead atoms. The maximum Gasteiger partial charge on any atom is 0.229 e. The lowest BCUT2D eigenvalue weighted by atomic mass is 9.98. The number of hydrogen-bond acceptors (Lipinski definition) is 7. The van der Waals surface area contributed by atoms with Crippen molar-refractivity contribution in [2.24, 2.45) is 5.92 Å². The van der Waals surface area contributed by atoms with Crippen molar-refractivity contribution < 1.29 is 9.18 Å². The number of nitrogens with one attached hydrogen (secondary N) is 3. The minimum Gasteiger partial charge on any atom is -0.354 e. The van der Waals surface area contributed by atoms with Gasteiger partial charge in [0.1, 0.15) is 0 Å². The fourth-order valence-electron chi connectivity index (χ4n) is 5.92. The van der Waals surface area contributed by atoms with Crippen molar-refractivity contribution in [3.8, 4) is 5.69 Å². The molecule has 0 aliphatic carbocycles. The summed E-state index contributed by atoms with van der Waals surface area (Å²) in [7, 11) is 0. The number of hydrogen-bond donors (Lipinski definition) is 3. The number of carbonyl (C=O) groups is 1. The molecule has 9 nitrogen and oxygen atoms in total. The summed E-state index contributed by atoms with van der Waals surface area (Å²) in [6, 6.07) is 14.0. The maximum atomic E-state index is 13.3. The molecule has 2 aromatic carbocycles. The molecule has 1 aliphatic rings. The monoisotopic (exact) mass is 594 g/mol. The van der Waals surface area contributed by atoms with Crippen molar-refractivity contribution in [1.29, 1.82) is 0 Å². The Hall–Kier alpha value is -4.57. The van der Waals surface area contributed by atoms with Gasteiger partial charge in [-0.05, 0) is 85.6 Å². The van der Waals surface area contributed by atoms with Gasteiger partial charge in [-0.25, -0.2) is 4.39 Å². The number of rotatable bonds is 11.